The van der Waals surface area contributed by atoms with Crippen LogP contribution in [0.2, 0.25) is 0 Å². The Hall–Kier alpha value is -2.42. The molecule has 0 fully saturated rings. The van der Waals surface area contributed by atoms with Crippen LogP contribution in [0, 0.1) is 6.92 Å². The number of halogens is 7. The number of hydrogen-bond acceptors (Lipinski definition) is 1. The summed E-state index contributed by atoms with van der Waals surface area (Å²) in [5.74, 6) is 0. The Kier molecular flexibility index (Phi) is 5.46. The Morgan fingerprint density at radius 1 is 0.897 bits per heavy atom. The first-order chi connectivity index (χ1) is 13.4. The number of aromatic amines is 1. The van der Waals surface area contributed by atoms with Gasteiger partial charge in [-0.2, -0.15) is 26.3 Å². The second-order valence-corrected chi connectivity index (χ2v) is 7.49. The van der Waals surface area contributed by atoms with Crippen molar-refractivity contribution in [2.45, 2.75) is 25.7 Å². The fourth-order valence-corrected chi connectivity index (χ4v) is 3.44. The quantitative estimate of drug-likeness (QED) is 0.311. The first-order valence-electron chi connectivity index (χ1n) is 8.37. The van der Waals surface area contributed by atoms with Gasteiger partial charge in [-0.1, -0.05) is 15.9 Å². The Balaban J connectivity index is 2.07. The minimum Gasteiger partial charge on any atom is -0.399 e. The highest BCUT2D eigenvalue weighted by atomic mass is 79.9. The first-order valence-corrected chi connectivity index (χ1v) is 9.16. The van der Waals surface area contributed by atoms with Gasteiger partial charge in [-0.25, -0.2) is 0 Å². The fourth-order valence-electron chi connectivity index (χ4n) is 3.05. The molecule has 0 bridgehead atoms. The molecule has 2 aromatic carbocycles. The van der Waals surface area contributed by atoms with E-state index in [1.807, 2.05) is 0 Å². The molecule has 1 aromatic heterocycles. The van der Waals surface area contributed by atoms with E-state index in [0.29, 0.717) is 29.8 Å². The molecule has 0 radical (unpaired) electrons. The van der Waals surface area contributed by atoms with Gasteiger partial charge in [0.1, 0.15) is 0 Å². The molecule has 0 saturated heterocycles. The molecule has 0 amide bonds. The number of nitrogen functional groups attached to an aromatic ring is 1. The predicted molar refractivity (Wildman–Crippen MR) is 102 cm³/mol. The number of aromatic nitrogens is 1. The maximum absolute atomic E-state index is 13.1. The van der Waals surface area contributed by atoms with E-state index in [9.17, 15) is 26.3 Å². The van der Waals surface area contributed by atoms with Crippen LogP contribution in [0.25, 0.3) is 11.3 Å². The number of nitrogens with one attached hydrogen (secondary N) is 1. The minimum atomic E-state index is -4.90. The summed E-state index contributed by atoms with van der Waals surface area (Å²) >= 11 is 3.41. The second-order valence-electron chi connectivity index (χ2n) is 6.64. The Morgan fingerprint density at radius 3 is 2.03 bits per heavy atom. The van der Waals surface area contributed by atoms with Crippen LogP contribution in [0.4, 0.5) is 32.0 Å². The summed E-state index contributed by atoms with van der Waals surface area (Å²) in [5, 5.41) is 0. The van der Waals surface area contributed by atoms with Gasteiger partial charge >= 0.3 is 12.4 Å². The van der Waals surface area contributed by atoms with Gasteiger partial charge in [0.25, 0.3) is 0 Å². The lowest BCUT2D eigenvalue weighted by Gasteiger charge is -2.14. The van der Waals surface area contributed by atoms with Crippen LogP contribution in [-0.4, -0.2) is 4.98 Å². The molecule has 0 unspecified atom stereocenters. The number of benzene rings is 2. The zero-order chi connectivity index (χ0) is 21.6. The average Bonchev–Trinajstić information content (AvgIpc) is 2.97. The normalized spacial score (nSPS) is 12.4. The highest BCUT2D eigenvalue weighted by molar-refractivity contribution is 9.10. The lowest BCUT2D eigenvalue weighted by Crippen LogP contribution is -2.11. The number of rotatable bonds is 3. The lowest BCUT2D eigenvalue weighted by molar-refractivity contribution is -0.143. The molecule has 154 valence electrons. The van der Waals surface area contributed by atoms with Gasteiger partial charge in [-0.3, -0.25) is 0 Å². The van der Waals surface area contributed by atoms with E-state index < -0.39 is 23.5 Å². The van der Waals surface area contributed by atoms with Crippen molar-refractivity contribution in [1.29, 1.82) is 0 Å². The van der Waals surface area contributed by atoms with Crippen LogP contribution >= 0.6 is 15.9 Å². The van der Waals surface area contributed by atoms with E-state index in [1.54, 1.807) is 31.3 Å². The fraction of sp³-hybridized carbons (Fsp3) is 0.200. The van der Waals surface area contributed by atoms with Gasteiger partial charge in [-0.05, 0) is 65.6 Å². The summed E-state index contributed by atoms with van der Waals surface area (Å²) in [6, 6.07) is 6.79. The molecule has 3 aromatic rings. The molecule has 0 spiro atoms. The van der Waals surface area contributed by atoms with Crippen molar-refractivity contribution in [2.75, 3.05) is 5.73 Å². The Bertz CT molecular complexity index is 1020. The molecule has 3 rings (SSSR count). The number of anilines is 1. The minimum absolute atomic E-state index is 0.118. The van der Waals surface area contributed by atoms with Gasteiger partial charge in [-0.15, -0.1) is 0 Å². The van der Waals surface area contributed by atoms with Crippen molar-refractivity contribution in [3.05, 3.63) is 74.9 Å². The second kappa shape index (κ2) is 7.44. The molecular weight excluding hydrogens is 462 g/mol. The molecule has 3 N–H and O–H groups in total. The smallest absolute Gasteiger partial charge is 0.399 e. The third-order valence-electron chi connectivity index (χ3n) is 4.57. The summed E-state index contributed by atoms with van der Waals surface area (Å²) in [6.45, 7) is 1.65. The highest BCUT2D eigenvalue weighted by Crippen LogP contribution is 2.39. The summed E-state index contributed by atoms with van der Waals surface area (Å²) in [6.07, 6.45) is -7.82. The molecule has 0 aliphatic heterocycles. The van der Waals surface area contributed by atoms with E-state index in [2.05, 4.69) is 20.9 Å². The van der Waals surface area contributed by atoms with E-state index in [0.717, 1.165) is 15.6 Å². The van der Waals surface area contributed by atoms with Crippen LogP contribution in [0.1, 0.15) is 27.8 Å². The molecule has 0 atom stereocenters. The molecule has 0 aliphatic carbocycles. The van der Waals surface area contributed by atoms with Crippen molar-refractivity contribution in [3.63, 3.8) is 0 Å². The van der Waals surface area contributed by atoms with E-state index in [1.165, 1.54) is 0 Å². The van der Waals surface area contributed by atoms with Crippen LogP contribution in [-0.2, 0) is 18.8 Å². The number of H-pyrrole nitrogens is 1. The van der Waals surface area contributed by atoms with E-state index >= 15 is 0 Å². The molecule has 29 heavy (non-hydrogen) atoms. The van der Waals surface area contributed by atoms with Gasteiger partial charge in [0.05, 0.1) is 11.1 Å². The summed E-state index contributed by atoms with van der Waals surface area (Å²) in [5.41, 5.74) is 5.80. The standard InChI is InChI=1S/C20H15BrF6N2/c1-10-13(4-11-7-16(28)2-3-17(11)21)9-29-18(10)12-5-14(19(22,23)24)8-15(6-12)20(25,26)27/h2-3,5-9,29H,4,28H2,1H3. The van der Waals surface area contributed by atoms with Gasteiger partial charge in [0.2, 0.25) is 0 Å². The van der Waals surface area contributed by atoms with Crippen LogP contribution in [0.15, 0.2) is 47.1 Å². The third-order valence-corrected chi connectivity index (χ3v) is 5.35. The Labute approximate surface area is 170 Å². The van der Waals surface area contributed by atoms with Gasteiger partial charge < -0.3 is 10.7 Å². The molecule has 0 aliphatic rings. The monoisotopic (exact) mass is 476 g/mol. The van der Waals surface area contributed by atoms with Crippen LogP contribution in [0.3, 0.4) is 0 Å². The summed E-state index contributed by atoms with van der Waals surface area (Å²) < 4.78 is 79.6. The van der Waals surface area contributed by atoms with Gasteiger partial charge in [0.15, 0.2) is 0 Å². The Morgan fingerprint density at radius 2 is 1.48 bits per heavy atom. The predicted octanol–water partition coefficient (Wildman–Crippen LogP) is 6.96. The van der Waals surface area contributed by atoms with Crippen molar-refractivity contribution < 1.29 is 26.3 Å². The van der Waals surface area contributed by atoms with Crippen molar-refractivity contribution >= 4 is 21.6 Å². The maximum Gasteiger partial charge on any atom is 0.416 e. The molecule has 2 nitrogen and oxygen atoms in total. The van der Waals surface area contributed by atoms with E-state index in [-0.39, 0.29) is 17.3 Å². The first kappa shape index (κ1) is 21.3. The van der Waals surface area contributed by atoms with Gasteiger partial charge in [0, 0.05) is 28.5 Å². The maximum atomic E-state index is 13.1. The molecule has 0 saturated carbocycles. The molecule has 9 heteroatoms. The van der Waals surface area contributed by atoms with Crippen molar-refractivity contribution in [1.82, 2.24) is 4.98 Å². The largest absolute Gasteiger partial charge is 0.416 e. The molecular formula is C20H15BrF6N2. The van der Waals surface area contributed by atoms with E-state index in [4.69, 9.17) is 5.73 Å². The lowest BCUT2D eigenvalue weighted by atomic mass is 9.98. The highest BCUT2D eigenvalue weighted by Gasteiger charge is 2.37. The van der Waals surface area contributed by atoms with Crippen LogP contribution < -0.4 is 5.73 Å². The number of hydrogen-bond donors (Lipinski definition) is 2. The topological polar surface area (TPSA) is 41.8 Å². The van der Waals surface area contributed by atoms with Crippen molar-refractivity contribution in [3.8, 4) is 11.3 Å². The van der Waals surface area contributed by atoms with Crippen molar-refractivity contribution in [2.24, 2.45) is 0 Å². The molecule has 1 heterocycles. The zero-order valence-electron chi connectivity index (χ0n) is 15.0. The van der Waals surface area contributed by atoms with Crippen LogP contribution in [0.5, 0.6) is 0 Å². The number of nitrogens with two attached hydrogens (primary N) is 1. The average molecular weight is 477 g/mol. The SMILES string of the molecule is Cc1c(Cc2cc(N)ccc2Br)c[nH]c1-c1cc(C(F)(F)F)cc(C(F)(F)F)c1. The zero-order valence-corrected chi connectivity index (χ0v) is 16.6. The number of alkyl halides is 6. The third kappa shape index (κ3) is 4.60. The summed E-state index contributed by atoms with van der Waals surface area (Å²) in [7, 11) is 0. The summed E-state index contributed by atoms with van der Waals surface area (Å²) in [4.78, 5) is 2.82.